The van der Waals surface area contributed by atoms with Crippen LogP contribution in [0.15, 0.2) is 71.1 Å². The van der Waals surface area contributed by atoms with Crippen LogP contribution in [0.3, 0.4) is 0 Å². The van der Waals surface area contributed by atoms with Crippen LogP contribution in [0.1, 0.15) is 62.6 Å². The molecule has 0 spiro atoms. The van der Waals surface area contributed by atoms with Crippen molar-refractivity contribution in [1.29, 1.82) is 0 Å². The van der Waals surface area contributed by atoms with E-state index in [9.17, 15) is 9.18 Å². The van der Waals surface area contributed by atoms with E-state index in [0.29, 0.717) is 59.7 Å². The van der Waals surface area contributed by atoms with Gasteiger partial charge in [-0.2, -0.15) is 4.98 Å². The van der Waals surface area contributed by atoms with Gasteiger partial charge in [0.25, 0.3) is 0 Å². The molecule has 2 heterocycles. The first-order chi connectivity index (χ1) is 23.2. The van der Waals surface area contributed by atoms with Gasteiger partial charge in [-0.3, -0.25) is 18.8 Å². The molecule has 4 aromatic rings. The summed E-state index contributed by atoms with van der Waals surface area (Å²) in [6.07, 6.45) is 8.71. The molecule has 0 saturated heterocycles. The fraction of sp³-hybridized carbons (Fsp3) is 0.417. The highest BCUT2D eigenvalue weighted by Gasteiger charge is 2.20. The van der Waals surface area contributed by atoms with E-state index in [4.69, 9.17) is 28.8 Å². The summed E-state index contributed by atoms with van der Waals surface area (Å²) in [7, 11) is 0. The van der Waals surface area contributed by atoms with Crippen LogP contribution in [0.25, 0.3) is 28.0 Å². The van der Waals surface area contributed by atoms with Gasteiger partial charge in [0, 0.05) is 48.9 Å². The summed E-state index contributed by atoms with van der Waals surface area (Å²) in [6.45, 7) is 7.60. The number of nitrogens with two attached hydrogens (primary N) is 3. The predicted molar refractivity (Wildman–Crippen MR) is 193 cm³/mol. The van der Waals surface area contributed by atoms with Crippen molar-refractivity contribution < 1.29 is 8.78 Å². The van der Waals surface area contributed by atoms with Gasteiger partial charge in [-0.1, -0.05) is 43.2 Å². The molecule has 0 aliphatic carbocycles. The zero-order valence-corrected chi connectivity index (χ0v) is 28.4. The number of aromatic nitrogens is 3. The molecular formula is C36H47ClF2N8O. The highest BCUT2D eigenvalue weighted by molar-refractivity contribution is 6.31. The second-order valence-electron chi connectivity index (χ2n) is 12.0. The molecule has 0 amide bonds. The average molecular weight is 681 g/mol. The number of aromatic amines is 1. The molecular weight excluding hydrogens is 634 g/mol. The van der Waals surface area contributed by atoms with Crippen molar-refractivity contribution in [3.05, 3.63) is 93.8 Å². The summed E-state index contributed by atoms with van der Waals surface area (Å²) < 4.78 is 29.9. The van der Waals surface area contributed by atoms with Crippen molar-refractivity contribution in [3.63, 3.8) is 0 Å². The van der Waals surface area contributed by atoms with Gasteiger partial charge in [-0.25, -0.2) is 9.18 Å². The monoisotopic (exact) mass is 680 g/mol. The third-order valence-electron chi connectivity index (χ3n) is 8.46. The van der Waals surface area contributed by atoms with E-state index >= 15 is 4.39 Å². The van der Waals surface area contributed by atoms with E-state index in [2.05, 4.69) is 33.4 Å². The topological polar surface area (TPSA) is 144 Å². The fourth-order valence-electron chi connectivity index (χ4n) is 5.91. The lowest BCUT2D eigenvalue weighted by Crippen LogP contribution is -2.32. The maximum atomic E-state index is 15.2. The van der Waals surface area contributed by atoms with Crippen LogP contribution in [-0.4, -0.2) is 64.2 Å². The molecule has 7 N–H and O–H groups in total. The molecule has 0 fully saturated rings. The second kappa shape index (κ2) is 18.0. The lowest BCUT2D eigenvalue weighted by molar-refractivity contribution is 0.177. The highest BCUT2D eigenvalue weighted by atomic mass is 35.5. The van der Waals surface area contributed by atoms with E-state index in [1.165, 1.54) is 4.57 Å². The first kappa shape index (κ1) is 36.9. The van der Waals surface area contributed by atoms with E-state index in [1.54, 1.807) is 30.5 Å². The largest absolute Gasteiger partial charge is 0.386 e. The third kappa shape index (κ3) is 9.59. The number of aliphatic imine (C=N–C) groups is 1. The van der Waals surface area contributed by atoms with Crippen LogP contribution in [0, 0.1) is 5.82 Å². The molecule has 0 bridgehead atoms. The number of halogens is 3. The molecule has 0 aliphatic heterocycles. The Morgan fingerprint density at radius 3 is 2.60 bits per heavy atom. The van der Waals surface area contributed by atoms with Gasteiger partial charge in [-0.15, -0.1) is 6.58 Å². The summed E-state index contributed by atoms with van der Waals surface area (Å²) in [5.74, 6) is -0.123. The number of hydrogen-bond donors (Lipinski definition) is 4. The van der Waals surface area contributed by atoms with E-state index in [1.807, 2.05) is 24.3 Å². The van der Waals surface area contributed by atoms with Gasteiger partial charge in [-0.05, 0) is 80.0 Å². The van der Waals surface area contributed by atoms with Crippen molar-refractivity contribution in [2.24, 2.45) is 22.2 Å². The van der Waals surface area contributed by atoms with Crippen molar-refractivity contribution in [2.75, 3.05) is 32.9 Å². The number of hydrogen-bond acceptors (Lipinski definition) is 6. The summed E-state index contributed by atoms with van der Waals surface area (Å²) in [5, 5.41) is 0.669. The zero-order valence-electron chi connectivity index (χ0n) is 27.6. The normalized spacial score (nSPS) is 13.4. The van der Waals surface area contributed by atoms with Crippen molar-refractivity contribution in [1.82, 2.24) is 19.4 Å². The van der Waals surface area contributed by atoms with E-state index in [-0.39, 0.29) is 30.3 Å². The Hall–Kier alpha value is -3.90. The van der Waals surface area contributed by atoms with Gasteiger partial charge in [0.2, 0.25) is 0 Å². The smallest absolute Gasteiger partial charge is 0.354 e. The number of H-pyrrole nitrogens is 1. The molecule has 4 rings (SSSR count). The van der Waals surface area contributed by atoms with Crippen molar-refractivity contribution >= 4 is 28.5 Å². The lowest BCUT2D eigenvalue weighted by Gasteiger charge is -2.32. The van der Waals surface area contributed by atoms with E-state index in [0.717, 1.165) is 49.8 Å². The maximum absolute atomic E-state index is 15.2. The summed E-state index contributed by atoms with van der Waals surface area (Å²) >= 11 is 6.28. The van der Waals surface area contributed by atoms with Gasteiger partial charge < -0.3 is 22.2 Å². The molecule has 2 atom stereocenters. The molecule has 0 aliphatic rings. The Bertz CT molecular complexity index is 1740. The number of fused-ring (bicyclic) bond motifs is 1. The average Bonchev–Trinajstić information content (AvgIpc) is 3.50. The first-order valence-corrected chi connectivity index (χ1v) is 16.9. The van der Waals surface area contributed by atoms with Crippen molar-refractivity contribution in [3.8, 4) is 16.9 Å². The zero-order chi connectivity index (χ0) is 34.6. The van der Waals surface area contributed by atoms with Crippen LogP contribution in [0.5, 0.6) is 0 Å². The lowest BCUT2D eigenvalue weighted by atomic mass is 9.99. The van der Waals surface area contributed by atoms with E-state index < -0.39 is 11.5 Å². The Balaban J connectivity index is 1.58. The maximum Gasteiger partial charge on any atom is 0.354 e. The van der Waals surface area contributed by atoms with Gasteiger partial charge >= 0.3 is 5.69 Å². The number of aryl methyl sites for hydroxylation is 1. The quantitative estimate of drug-likeness (QED) is 0.0401. The third-order valence-corrected chi connectivity index (χ3v) is 8.73. The number of amidine groups is 1. The molecule has 48 heavy (non-hydrogen) atoms. The van der Waals surface area contributed by atoms with Gasteiger partial charge in [0.1, 0.15) is 11.5 Å². The number of nitrogens with one attached hydrogen (secondary N) is 1. The summed E-state index contributed by atoms with van der Waals surface area (Å²) in [5.41, 5.74) is 20.5. The number of nitrogens with zero attached hydrogens (tertiary/aromatic N) is 4. The standard InChI is InChI=1S/C36H47ClF2N8O/c1-3-8-32(46(17-6-15-38)18-7-16-43-33(42)22-40)25-11-13-28(14-12-25)47-23-26-21-31(44-35(26)45-36(47)48)29-19-24(20-30(37)34(29)39)9-5-10-27(41)4-2/h4,11-14,19-21,23,27,32H,2-3,5-10,15-18,22,40-41H2,1H3,(H2,42,43)(H,44,45,48). The molecule has 12 heteroatoms. The molecule has 258 valence electrons. The molecule has 2 aromatic carbocycles. The van der Waals surface area contributed by atoms with Crippen LogP contribution < -0.4 is 22.9 Å². The van der Waals surface area contributed by atoms with Crippen LogP contribution in [0.4, 0.5) is 8.78 Å². The SMILES string of the molecule is C=CC(N)CCCc1cc(Cl)c(F)c(-c2cc3cn(-c4ccc(C(CCC)N(CCCF)CCCN=C(N)CN)cc4)c(=O)nc3[nH]2)c1. The van der Waals surface area contributed by atoms with Crippen LogP contribution >= 0.6 is 11.6 Å². The fourth-order valence-corrected chi connectivity index (χ4v) is 6.15. The molecule has 2 unspecified atom stereocenters. The summed E-state index contributed by atoms with van der Waals surface area (Å²) in [6, 6.07) is 12.9. The molecule has 9 nitrogen and oxygen atoms in total. The number of benzene rings is 2. The van der Waals surface area contributed by atoms with Gasteiger partial charge in [0.05, 0.1) is 29.6 Å². The predicted octanol–water partition coefficient (Wildman–Crippen LogP) is 6.22. The number of alkyl halides is 1. The highest BCUT2D eigenvalue weighted by Crippen LogP contribution is 2.32. The second-order valence-corrected chi connectivity index (χ2v) is 12.4. The minimum Gasteiger partial charge on any atom is -0.386 e. The van der Waals surface area contributed by atoms with Crippen molar-refractivity contribution in [2.45, 2.75) is 64.0 Å². The Morgan fingerprint density at radius 1 is 1.17 bits per heavy atom. The number of rotatable bonds is 19. The molecule has 2 aromatic heterocycles. The Labute approximate surface area is 285 Å². The Morgan fingerprint density at radius 2 is 1.92 bits per heavy atom. The summed E-state index contributed by atoms with van der Waals surface area (Å²) in [4.78, 5) is 27.1. The minimum atomic E-state index is -0.546. The molecule has 0 radical (unpaired) electrons. The Kier molecular flexibility index (Phi) is 13.9. The minimum absolute atomic E-state index is 0.0243. The van der Waals surface area contributed by atoms with Crippen LogP contribution in [-0.2, 0) is 6.42 Å². The van der Waals surface area contributed by atoms with Crippen LogP contribution in [0.2, 0.25) is 5.02 Å². The molecule has 0 saturated carbocycles. The first-order valence-electron chi connectivity index (χ1n) is 16.6. The van der Waals surface area contributed by atoms with Gasteiger partial charge in [0.15, 0.2) is 5.82 Å².